The van der Waals surface area contributed by atoms with Crippen LogP contribution in [0.3, 0.4) is 0 Å². The Kier molecular flexibility index (Phi) is 3.11. The summed E-state index contributed by atoms with van der Waals surface area (Å²) < 4.78 is 5.37. The van der Waals surface area contributed by atoms with Crippen LogP contribution in [0.25, 0.3) is 0 Å². The van der Waals surface area contributed by atoms with Gasteiger partial charge < -0.3 is 14.6 Å². The van der Waals surface area contributed by atoms with E-state index in [0.717, 1.165) is 23.2 Å². The summed E-state index contributed by atoms with van der Waals surface area (Å²) in [6, 6.07) is 5.84. The fraction of sp³-hybridized carbons (Fsp3) is 0.429. The van der Waals surface area contributed by atoms with Gasteiger partial charge in [-0.2, -0.15) is 0 Å². The molecule has 1 fully saturated rings. The molecule has 1 N–H and O–H groups in total. The number of aromatic nitrogens is 2. The molecule has 0 saturated heterocycles. The Hall–Kier alpha value is -2.04. The van der Waals surface area contributed by atoms with Crippen molar-refractivity contribution in [1.29, 1.82) is 0 Å². The monoisotopic (exact) mass is 258 g/mol. The zero-order chi connectivity index (χ0) is 13.2. The molecule has 0 atom stereocenters. The van der Waals surface area contributed by atoms with Crippen molar-refractivity contribution in [1.82, 2.24) is 9.97 Å². The number of anilines is 2. The molecule has 1 aliphatic carbocycles. The van der Waals surface area contributed by atoms with Crippen molar-refractivity contribution in [2.45, 2.75) is 25.3 Å². The van der Waals surface area contributed by atoms with Gasteiger partial charge in [-0.3, -0.25) is 0 Å². The molecule has 0 amide bonds. The van der Waals surface area contributed by atoms with E-state index >= 15 is 0 Å². The van der Waals surface area contributed by atoms with Crippen LogP contribution in [-0.4, -0.2) is 24.1 Å². The lowest BCUT2D eigenvalue weighted by Crippen LogP contribution is -2.18. The normalized spacial score (nSPS) is 14.4. The van der Waals surface area contributed by atoms with E-state index in [-0.39, 0.29) is 0 Å². The van der Waals surface area contributed by atoms with Gasteiger partial charge in [-0.25, -0.2) is 9.97 Å². The molecular weight excluding hydrogens is 240 g/mol. The van der Waals surface area contributed by atoms with Crippen molar-refractivity contribution in [2.75, 3.05) is 24.3 Å². The van der Waals surface area contributed by atoms with Gasteiger partial charge in [0.1, 0.15) is 23.2 Å². The molecular formula is C14H18N4O. The molecule has 5 nitrogen and oxygen atoms in total. The summed E-state index contributed by atoms with van der Waals surface area (Å²) in [7, 11) is 3.90. The van der Waals surface area contributed by atoms with Gasteiger partial charge in [0.2, 0.25) is 0 Å². The molecule has 100 valence electrons. The molecule has 19 heavy (non-hydrogen) atoms. The Bertz CT molecular complexity index is 549. The van der Waals surface area contributed by atoms with E-state index < -0.39 is 0 Å². The van der Waals surface area contributed by atoms with Gasteiger partial charge in [0.15, 0.2) is 0 Å². The number of nitrogens with zero attached hydrogens (tertiary/aromatic N) is 3. The van der Waals surface area contributed by atoms with Crippen molar-refractivity contribution in [3.05, 3.63) is 36.0 Å². The highest BCUT2D eigenvalue weighted by atomic mass is 16.3. The van der Waals surface area contributed by atoms with Crippen LogP contribution >= 0.6 is 0 Å². The third-order valence-electron chi connectivity index (χ3n) is 3.29. The van der Waals surface area contributed by atoms with Crippen molar-refractivity contribution in [3.63, 3.8) is 0 Å². The maximum Gasteiger partial charge on any atom is 0.136 e. The van der Waals surface area contributed by atoms with E-state index in [0.29, 0.717) is 12.5 Å². The quantitative estimate of drug-likeness (QED) is 0.893. The molecule has 1 aliphatic rings. The largest absolute Gasteiger partial charge is 0.467 e. The van der Waals surface area contributed by atoms with E-state index in [1.54, 1.807) is 6.26 Å². The second-order valence-corrected chi connectivity index (χ2v) is 4.93. The van der Waals surface area contributed by atoms with E-state index in [4.69, 9.17) is 4.42 Å². The first-order chi connectivity index (χ1) is 9.26. The predicted molar refractivity (Wildman–Crippen MR) is 74.4 cm³/mol. The topological polar surface area (TPSA) is 54.2 Å². The highest BCUT2D eigenvalue weighted by Gasteiger charge is 2.27. The molecule has 2 aromatic heterocycles. The Morgan fingerprint density at radius 3 is 2.89 bits per heavy atom. The molecule has 0 spiro atoms. The van der Waals surface area contributed by atoms with Crippen molar-refractivity contribution in [2.24, 2.45) is 0 Å². The average molecular weight is 258 g/mol. The maximum absolute atomic E-state index is 5.37. The highest BCUT2D eigenvalue weighted by Crippen LogP contribution is 2.39. The number of hydrogen-bond donors (Lipinski definition) is 1. The first kappa shape index (κ1) is 12.0. The highest BCUT2D eigenvalue weighted by molar-refractivity contribution is 5.49. The SMILES string of the molecule is CNc1cc(N(C)Cc2ccco2)nc(C2CC2)n1. The van der Waals surface area contributed by atoms with Crippen LogP contribution in [0.4, 0.5) is 11.6 Å². The van der Waals surface area contributed by atoms with E-state index in [9.17, 15) is 0 Å². The molecule has 0 aromatic carbocycles. The van der Waals surface area contributed by atoms with Gasteiger partial charge in [0, 0.05) is 26.1 Å². The average Bonchev–Trinajstić information content (AvgIpc) is 3.17. The van der Waals surface area contributed by atoms with Crippen LogP contribution in [-0.2, 0) is 6.54 Å². The van der Waals surface area contributed by atoms with Gasteiger partial charge in [-0.05, 0) is 25.0 Å². The van der Waals surface area contributed by atoms with Crippen LogP contribution in [0.1, 0.15) is 30.3 Å². The smallest absolute Gasteiger partial charge is 0.136 e. The Morgan fingerprint density at radius 2 is 2.26 bits per heavy atom. The first-order valence-electron chi connectivity index (χ1n) is 6.56. The molecule has 1 saturated carbocycles. The molecule has 0 aliphatic heterocycles. The molecule has 0 bridgehead atoms. The maximum atomic E-state index is 5.37. The summed E-state index contributed by atoms with van der Waals surface area (Å²) in [5.74, 6) is 4.23. The van der Waals surface area contributed by atoms with Crippen molar-refractivity contribution < 1.29 is 4.42 Å². The second kappa shape index (κ2) is 4.91. The summed E-state index contributed by atoms with van der Waals surface area (Å²) in [5, 5.41) is 3.10. The number of hydrogen-bond acceptors (Lipinski definition) is 5. The van der Waals surface area contributed by atoms with Crippen LogP contribution in [0.15, 0.2) is 28.9 Å². The first-order valence-corrected chi connectivity index (χ1v) is 6.56. The van der Waals surface area contributed by atoms with Gasteiger partial charge >= 0.3 is 0 Å². The van der Waals surface area contributed by atoms with Crippen molar-refractivity contribution >= 4 is 11.6 Å². The third kappa shape index (κ3) is 2.70. The van der Waals surface area contributed by atoms with Gasteiger partial charge in [0.25, 0.3) is 0 Å². The summed E-state index contributed by atoms with van der Waals surface area (Å²) in [5.41, 5.74) is 0. The van der Waals surface area contributed by atoms with Crippen molar-refractivity contribution in [3.8, 4) is 0 Å². The van der Waals surface area contributed by atoms with Gasteiger partial charge in [0.05, 0.1) is 12.8 Å². The second-order valence-electron chi connectivity index (χ2n) is 4.93. The molecule has 5 heteroatoms. The molecule has 2 heterocycles. The lowest BCUT2D eigenvalue weighted by atomic mass is 10.3. The zero-order valence-electron chi connectivity index (χ0n) is 11.3. The number of nitrogens with one attached hydrogen (secondary N) is 1. The minimum absolute atomic E-state index is 0.545. The van der Waals surface area contributed by atoms with E-state index in [1.807, 2.05) is 32.3 Å². The fourth-order valence-corrected chi connectivity index (χ4v) is 2.02. The van der Waals surface area contributed by atoms with Crippen LogP contribution in [0.5, 0.6) is 0 Å². The standard InChI is InChI=1S/C14H18N4O/c1-15-12-8-13(17-14(16-12)10-5-6-10)18(2)9-11-4-3-7-19-11/h3-4,7-8,10H,5-6,9H2,1-2H3,(H,15,16,17). The van der Waals surface area contributed by atoms with Crippen LogP contribution in [0, 0.1) is 0 Å². The summed E-state index contributed by atoms with van der Waals surface area (Å²) in [4.78, 5) is 11.3. The minimum Gasteiger partial charge on any atom is -0.467 e. The van der Waals surface area contributed by atoms with Crippen LogP contribution in [0.2, 0.25) is 0 Å². The summed E-state index contributed by atoms with van der Waals surface area (Å²) in [6.07, 6.45) is 4.10. The summed E-state index contributed by atoms with van der Waals surface area (Å²) >= 11 is 0. The minimum atomic E-state index is 0.545. The fourth-order valence-electron chi connectivity index (χ4n) is 2.02. The Balaban J connectivity index is 1.83. The Labute approximate surface area is 112 Å². The third-order valence-corrected chi connectivity index (χ3v) is 3.29. The van der Waals surface area contributed by atoms with Gasteiger partial charge in [-0.1, -0.05) is 0 Å². The van der Waals surface area contributed by atoms with E-state index in [2.05, 4.69) is 20.2 Å². The lowest BCUT2D eigenvalue weighted by molar-refractivity contribution is 0.507. The zero-order valence-corrected chi connectivity index (χ0v) is 11.3. The molecule has 0 radical (unpaired) electrons. The van der Waals surface area contributed by atoms with Crippen LogP contribution < -0.4 is 10.2 Å². The molecule has 0 unspecified atom stereocenters. The number of furan rings is 1. The number of rotatable bonds is 5. The summed E-state index contributed by atoms with van der Waals surface area (Å²) in [6.45, 7) is 0.706. The van der Waals surface area contributed by atoms with E-state index in [1.165, 1.54) is 12.8 Å². The van der Waals surface area contributed by atoms with Gasteiger partial charge in [-0.15, -0.1) is 0 Å². The predicted octanol–water partition coefficient (Wildman–Crippen LogP) is 2.63. The molecule has 3 rings (SSSR count). The Morgan fingerprint density at radius 1 is 1.42 bits per heavy atom. The lowest BCUT2D eigenvalue weighted by Gasteiger charge is -2.18. The molecule has 2 aromatic rings.